The molecule has 0 aliphatic heterocycles. The standard InChI is InChI=1S/C8H19N3/c1-11(7-10-9)6-5-8-3-2-4-8/h8,10H,2-7,9H2,1H3. The van der Waals surface area contributed by atoms with Gasteiger partial charge < -0.3 is 0 Å². The smallest absolute Gasteiger partial charge is 0.0609 e. The summed E-state index contributed by atoms with van der Waals surface area (Å²) in [6.45, 7) is 1.97. The predicted molar refractivity (Wildman–Crippen MR) is 46.8 cm³/mol. The average Bonchev–Trinajstić information content (AvgIpc) is 1.85. The van der Waals surface area contributed by atoms with Crippen molar-refractivity contribution in [2.45, 2.75) is 25.7 Å². The van der Waals surface area contributed by atoms with Crippen LogP contribution in [0.25, 0.3) is 0 Å². The van der Waals surface area contributed by atoms with Gasteiger partial charge in [0.05, 0.1) is 6.67 Å². The fourth-order valence-corrected chi connectivity index (χ4v) is 1.42. The Labute approximate surface area is 68.9 Å². The highest BCUT2D eigenvalue weighted by atomic mass is 15.3. The first-order chi connectivity index (χ1) is 5.33. The number of hydrazine groups is 1. The van der Waals surface area contributed by atoms with Crippen LogP contribution in [-0.4, -0.2) is 25.2 Å². The summed E-state index contributed by atoms with van der Waals surface area (Å²) in [5.41, 5.74) is 2.65. The van der Waals surface area contributed by atoms with Crippen LogP contribution in [0.1, 0.15) is 25.7 Å². The number of hydrogen-bond donors (Lipinski definition) is 2. The summed E-state index contributed by atoms with van der Waals surface area (Å²) in [6.07, 6.45) is 5.69. The molecule has 0 saturated heterocycles. The molecular formula is C8H19N3. The SMILES string of the molecule is CN(CCC1CCC1)CNN. The number of hydrogen-bond acceptors (Lipinski definition) is 3. The number of nitrogens with one attached hydrogen (secondary N) is 1. The third-order valence-electron chi connectivity index (χ3n) is 2.51. The van der Waals surface area contributed by atoms with Crippen LogP contribution in [0.2, 0.25) is 0 Å². The molecule has 1 aliphatic carbocycles. The molecule has 1 fully saturated rings. The Bertz CT molecular complexity index is 102. The summed E-state index contributed by atoms with van der Waals surface area (Å²) >= 11 is 0. The molecule has 1 rings (SSSR count). The molecule has 0 heterocycles. The van der Waals surface area contributed by atoms with Gasteiger partial charge in [0.25, 0.3) is 0 Å². The zero-order chi connectivity index (χ0) is 8.10. The second kappa shape index (κ2) is 4.70. The van der Waals surface area contributed by atoms with Crippen LogP contribution >= 0.6 is 0 Å². The van der Waals surface area contributed by atoms with Gasteiger partial charge >= 0.3 is 0 Å². The summed E-state index contributed by atoms with van der Waals surface area (Å²) in [6, 6.07) is 0. The quantitative estimate of drug-likeness (QED) is 0.347. The molecule has 1 aliphatic rings. The maximum Gasteiger partial charge on any atom is 0.0609 e. The molecule has 0 atom stereocenters. The van der Waals surface area contributed by atoms with E-state index in [-0.39, 0.29) is 0 Å². The van der Waals surface area contributed by atoms with Crippen LogP contribution < -0.4 is 11.3 Å². The molecule has 0 aromatic heterocycles. The topological polar surface area (TPSA) is 41.3 Å². The molecule has 66 valence electrons. The Morgan fingerprint density at radius 3 is 2.73 bits per heavy atom. The molecule has 0 unspecified atom stereocenters. The van der Waals surface area contributed by atoms with Gasteiger partial charge in [-0.1, -0.05) is 19.3 Å². The van der Waals surface area contributed by atoms with Crippen molar-refractivity contribution in [1.82, 2.24) is 10.3 Å². The first kappa shape index (κ1) is 8.97. The van der Waals surface area contributed by atoms with E-state index in [0.29, 0.717) is 0 Å². The van der Waals surface area contributed by atoms with Gasteiger partial charge in [-0.05, 0) is 25.9 Å². The summed E-state index contributed by atoms with van der Waals surface area (Å²) in [5.74, 6) is 6.20. The largest absolute Gasteiger partial charge is 0.293 e. The molecule has 1 saturated carbocycles. The van der Waals surface area contributed by atoms with Crippen molar-refractivity contribution in [2.24, 2.45) is 11.8 Å². The first-order valence-electron chi connectivity index (χ1n) is 4.45. The van der Waals surface area contributed by atoms with Crippen molar-refractivity contribution in [2.75, 3.05) is 20.3 Å². The lowest BCUT2D eigenvalue weighted by molar-refractivity contribution is 0.230. The Hall–Kier alpha value is -0.120. The summed E-state index contributed by atoms with van der Waals surface area (Å²) < 4.78 is 0. The van der Waals surface area contributed by atoms with Crippen molar-refractivity contribution < 1.29 is 0 Å². The van der Waals surface area contributed by atoms with Gasteiger partial charge in [-0.15, -0.1) is 0 Å². The van der Waals surface area contributed by atoms with E-state index in [0.717, 1.165) is 12.6 Å². The molecule has 0 amide bonds. The van der Waals surface area contributed by atoms with E-state index >= 15 is 0 Å². The third kappa shape index (κ3) is 3.18. The van der Waals surface area contributed by atoms with Crippen molar-refractivity contribution in [3.8, 4) is 0 Å². The van der Waals surface area contributed by atoms with E-state index in [1.807, 2.05) is 0 Å². The zero-order valence-corrected chi connectivity index (χ0v) is 7.34. The van der Waals surface area contributed by atoms with Crippen LogP contribution in [0.5, 0.6) is 0 Å². The van der Waals surface area contributed by atoms with Gasteiger partial charge in [0.1, 0.15) is 0 Å². The number of nitrogens with two attached hydrogens (primary N) is 1. The van der Waals surface area contributed by atoms with Gasteiger partial charge in [0, 0.05) is 0 Å². The molecule has 0 radical (unpaired) electrons. The highest BCUT2D eigenvalue weighted by Gasteiger charge is 2.16. The number of nitrogens with zero attached hydrogens (tertiary/aromatic N) is 1. The summed E-state index contributed by atoms with van der Waals surface area (Å²) in [4.78, 5) is 2.22. The molecule has 0 bridgehead atoms. The minimum absolute atomic E-state index is 0.798. The fraction of sp³-hybridized carbons (Fsp3) is 1.00. The lowest BCUT2D eigenvalue weighted by Crippen LogP contribution is -2.36. The maximum atomic E-state index is 5.19. The lowest BCUT2D eigenvalue weighted by Gasteiger charge is -2.27. The Kier molecular flexibility index (Phi) is 3.83. The van der Waals surface area contributed by atoms with Gasteiger partial charge in [0.2, 0.25) is 0 Å². The lowest BCUT2D eigenvalue weighted by atomic mass is 9.83. The maximum absolute atomic E-state index is 5.19. The molecular weight excluding hydrogens is 138 g/mol. The predicted octanol–water partition coefficient (Wildman–Crippen LogP) is 0.529. The molecule has 0 aromatic carbocycles. The van der Waals surface area contributed by atoms with Gasteiger partial charge in [-0.2, -0.15) is 0 Å². The summed E-state index contributed by atoms with van der Waals surface area (Å²) in [5, 5.41) is 0. The number of rotatable bonds is 5. The van der Waals surface area contributed by atoms with Crippen LogP contribution in [0.4, 0.5) is 0 Å². The monoisotopic (exact) mass is 157 g/mol. The van der Waals surface area contributed by atoms with Crippen molar-refractivity contribution in [1.29, 1.82) is 0 Å². The van der Waals surface area contributed by atoms with E-state index in [1.54, 1.807) is 0 Å². The van der Waals surface area contributed by atoms with Gasteiger partial charge in [0.15, 0.2) is 0 Å². The molecule has 3 N–H and O–H groups in total. The first-order valence-corrected chi connectivity index (χ1v) is 4.45. The zero-order valence-electron chi connectivity index (χ0n) is 7.34. The Morgan fingerprint density at radius 1 is 1.55 bits per heavy atom. The van der Waals surface area contributed by atoms with E-state index < -0.39 is 0 Å². The molecule has 0 aromatic rings. The Balaban J connectivity index is 1.92. The molecule has 0 spiro atoms. The fourth-order valence-electron chi connectivity index (χ4n) is 1.42. The highest BCUT2D eigenvalue weighted by Crippen LogP contribution is 2.29. The van der Waals surface area contributed by atoms with Crippen molar-refractivity contribution in [3.05, 3.63) is 0 Å². The van der Waals surface area contributed by atoms with E-state index in [1.165, 1.54) is 32.2 Å². The molecule has 11 heavy (non-hydrogen) atoms. The molecule has 3 nitrogen and oxygen atoms in total. The normalized spacial score (nSPS) is 18.8. The highest BCUT2D eigenvalue weighted by molar-refractivity contribution is 4.70. The van der Waals surface area contributed by atoms with Crippen LogP contribution in [0, 0.1) is 5.92 Å². The van der Waals surface area contributed by atoms with Crippen LogP contribution in [-0.2, 0) is 0 Å². The summed E-state index contributed by atoms with van der Waals surface area (Å²) in [7, 11) is 2.10. The van der Waals surface area contributed by atoms with Crippen LogP contribution in [0.15, 0.2) is 0 Å². The second-order valence-electron chi connectivity index (χ2n) is 3.53. The van der Waals surface area contributed by atoms with E-state index in [2.05, 4.69) is 17.4 Å². The van der Waals surface area contributed by atoms with Gasteiger partial charge in [-0.3, -0.25) is 10.7 Å². The minimum Gasteiger partial charge on any atom is -0.293 e. The third-order valence-corrected chi connectivity index (χ3v) is 2.51. The second-order valence-corrected chi connectivity index (χ2v) is 3.53. The average molecular weight is 157 g/mol. The van der Waals surface area contributed by atoms with Crippen molar-refractivity contribution >= 4 is 0 Å². The Morgan fingerprint density at radius 2 is 2.27 bits per heavy atom. The van der Waals surface area contributed by atoms with E-state index in [9.17, 15) is 0 Å². The van der Waals surface area contributed by atoms with Crippen molar-refractivity contribution in [3.63, 3.8) is 0 Å². The van der Waals surface area contributed by atoms with Crippen LogP contribution in [0.3, 0.4) is 0 Å². The minimum atomic E-state index is 0.798. The van der Waals surface area contributed by atoms with E-state index in [4.69, 9.17) is 5.84 Å². The molecule has 3 heteroatoms. The van der Waals surface area contributed by atoms with Gasteiger partial charge in [-0.25, -0.2) is 5.43 Å².